The third-order valence-electron chi connectivity index (χ3n) is 4.70. The molecule has 1 fully saturated rings. The fourth-order valence-corrected chi connectivity index (χ4v) is 3.00. The maximum atomic E-state index is 12.6. The normalized spacial score (nSPS) is 18.8. The predicted molar refractivity (Wildman–Crippen MR) is 102 cm³/mol. The van der Waals surface area contributed by atoms with Gasteiger partial charge in [-0.2, -0.15) is 0 Å². The second-order valence-electron chi connectivity index (χ2n) is 6.87. The molecule has 1 atom stereocenters. The van der Waals surface area contributed by atoms with Gasteiger partial charge in [-0.25, -0.2) is 4.79 Å². The zero-order chi connectivity index (χ0) is 19.4. The number of benzene rings is 2. The van der Waals surface area contributed by atoms with E-state index in [0.29, 0.717) is 29.9 Å². The highest BCUT2D eigenvalue weighted by molar-refractivity contribution is 6.00. The number of carbonyl (C=O) groups is 3. The van der Waals surface area contributed by atoms with Crippen LogP contribution >= 0.6 is 0 Å². The molecule has 1 heterocycles. The van der Waals surface area contributed by atoms with Crippen LogP contribution in [-0.2, 0) is 4.79 Å². The number of anilines is 2. The van der Waals surface area contributed by atoms with Gasteiger partial charge in [0.15, 0.2) is 0 Å². The summed E-state index contributed by atoms with van der Waals surface area (Å²) in [6.45, 7) is 2.27. The number of nitrogens with zero attached hydrogens (tertiary/aromatic N) is 1. The van der Waals surface area contributed by atoms with Crippen molar-refractivity contribution in [2.24, 2.45) is 5.41 Å². The number of aliphatic carboxylic acids is 1. The highest BCUT2D eigenvalue weighted by atomic mass is 16.4. The van der Waals surface area contributed by atoms with Gasteiger partial charge >= 0.3 is 12.0 Å². The maximum Gasteiger partial charge on any atom is 0.323 e. The topological polar surface area (TPSA) is 98.7 Å². The molecular formula is C20H21N3O4. The van der Waals surface area contributed by atoms with Gasteiger partial charge in [0.2, 0.25) is 0 Å². The van der Waals surface area contributed by atoms with Gasteiger partial charge in [-0.15, -0.1) is 0 Å². The fourth-order valence-electron chi connectivity index (χ4n) is 3.00. The molecule has 3 rings (SSSR count). The van der Waals surface area contributed by atoms with Crippen LogP contribution in [0.3, 0.4) is 0 Å². The summed E-state index contributed by atoms with van der Waals surface area (Å²) in [5.41, 5.74) is 0.792. The van der Waals surface area contributed by atoms with Crippen molar-refractivity contribution in [3.8, 4) is 0 Å². The number of carboxylic acids is 1. The first-order valence-corrected chi connectivity index (χ1v) is 8.63. The first-order chi connectivity index (χ1) is 12.9. The first kappa shape index (κ1) is 18.4. The van der Waals surface area contributed by atoms with E-state index in [1.165, 1.54) is 0 Å². The molecule has 0 aliphatic carbocycles. The molecule has 2 aromatic rings. The van der Waals surface area contributed by atoms with Crippen molar-refractivity contribution in [2.45, 2.75) is 13.3 Å². The van der Waals surface area contributed by atoms with Crippen molar-refractivity contribution in [1.29, 1.82) is 0 Å². The summed E-state index contributed by atoms with van der Waals surface area (Å²) in [5, 5.41) is 14.7. The number of likely N-dealkylation sites (tertiary alicyclic amines) is 1. The number of amides is 3. The monoisotopic (exact) mass is 367 g/mol. The highest BCUT2D eigenvalue weighted by Crippen LogP contribution is 2.31. The van der Waals surface area contributed by atoms with Crippen LogP contribution in [0.1, 0.15) is 23.7 Å². The van der Waals surface area contributed by atoms with E-state index in [1.807, 2.05) is 18.2 Å². The minimum atomic E-state index is -0.896. The second-order valence-corrected chi connectivity index (χ2v) is 6.87. The standard InChI is InChI=1S/C20H21N3O4/c1-20(18(25)26)11-12-23(13-20)17(24)14-7-9-16(10-8-14)22-19(27)21-15-5-3-2-4-6-15/h2-10H,11-13H2,1H3,(H,25,26)(H2,21,22,27). The van der Waals surface area contributed by atoms with Gasteiger partial charge in [0.25, 0.3) is 5.91 Å². The number of rotatable bonds is 4. The number of nitrogens with one attached hydrogen (secondary N) is 2. The van der Waals surface area contributed by atoms with Crippen LogP contribution in [0.4, 0.5) is 16.2 Å². The molecule has 7 nitrogen and oxygen atoms in total. The summed E-state index contributed by atoms with van der Waals surface area (Å²) in [6.07, 6.45) is 0.438. The van der Waals surface area contributed by atoms with Crippen molar-refractivity contribution >= 4 is 29.3 Å². The van der Waals surface area contributed by atoms with E-state index in [2.05, 4.69) is 10.6 Å². The van der Waals surface area contributed by atoms with Crippen molar-refractivity contribution in [3.05, 3.63) is 60.2 Å². The van der Waals surface area contributed by atoms with Crippen LogP contribution in [0, 0.1) is 5.41 Å². The largest absolute Gasteiger partial charge is 0.481 e. The third-order valence-corrected chi connectivity index (χ3v) is 4.70. The molecule has 1 saturated heterocycles. The van der Waals surface area contributed by atoms with E-state index in [0.717, 1.165) is 0 Å². The first-order valence-electron chi connectivity index (χ1n) is 8.63. The van der Waals surface area contributed by atoms with Gasteiger partial charge in [0.05, 0.1) is 5.41 Å². The fraction of sp³-hybridized carbons (Fsp3) is 0.250. The van der Waals surface area contributed by atoms with E-state index < -0.39 is 11.4 Å². The number of carbonyl (C=O) groups excluding carboxylic acids is 2. The van der Waals surface area contributed by atoms with Crippen LogP contribution in [-0.4, -0.2) is 41.0 Å². The number of urea groups is 1. The lowest BCUT2D eigenvalue weighted by Crippen LogP contribution is -2.34. The number of para-hydroxylation sites is 1. The molecule has 3 N–H and O–H groups in total. The maximum absolute atomic E-state index is 12.6. The van der Waals surface area contributed by atoms with Gasteiger partial charge in [-0.05, 0) is 49.7 Å². The Balaban J connectivity index is 1.59. The van der Waals surface area contributed by atoms with Crippen LogP contribution in [0.2, 0.25) is 0 Å². The molecule has 0 aromatic heterocycles. The Kier molecular flexibility index (Phi) is 5.12. The average molecular weight is 367 g/mol. The smallest absolute Gasteiger partial charge is 0.323 e. The van der Waals surface area contributed by atoms with E-state index >= 15 is 0 Å². The number of hydrogen-bond acceptors (Lipinski definition) is 3. The predicted octanol–water partition coefficient (Wildman–Crippen LogP) is 3.27. The second kappa shape index (κ2) is 7.49. The van der Waals surface area contributed by atoms with Crippen LogP contribution in [0.15, 0.2) is 54.6 Å². The van der Waals surface area contributed by atoms with Crippen molar-refractivity contribution in [1.82, 2.24) is 4.90 Å². The summed E-state index contributed by atoms with van der Waals surface area (Å²) in [5.74, 6) is -1.10. The Labute approximate surface area is 157 Å². The van der Waals surface area contributed by atoms with Crippen molar-refractivity contribution < 1.29 is 19.5 Å². The Morgan fingerprint density at radius 3 is 2.11 bits per heavy atom. The minimum absolute atomic E-state index is 0.195. The molecule has 27 heavy (non-hydrogen) atoms. The SMILES string of the molecule is CC1(C(=O)O)CCN(C(=O)c2ccc(NC(=O)Nc3ccccc3)cc2)C1. The Morgan fingerprint density at radius 2 is 1.56 bits per heavy atom. The molecule has 0 saturated carbocycles. The zero-order valence-electron chi connectivity index (χ0n) is 14.9. The van der Waals surface area contributed by atoms with Crippen molar-refractivity contribution in [2.75, 3.05) is 23.7 Å². The summed E-state index contributed by atoms with van der Waals surface area (Å²) < 4.78 is 0. The summed E-state index contributed by atoms with van der Waals surface area (Å²) >= 11 is 0. The van der Waals surface area contributed by atoms with E-state index in [-0.39, 0.29) is 18.5 Å². The highest BCUT2D eigenvalue weighted by Gasteiger charge is 2.42. The Morgan fingerprint density at radius 1 is 0.963 bits per heavy atom. The molecule has 0 bridgehead atoms. The van der Waals surface area contributed by atoms with Gasteiger partial charge in [0, 0.05) is 30.0 Å². The van der Waals surface area contributed by atoms with Crippen LogP contribution < -0.4 is 10.6 Å². The summed E-state index contributed by atoms with van der Waals surface area (Å²) in [6, 6.07) is 15.2. The third kappa shape index (κ3) is 4.25. The quantitative estimate of drug-likeness (QED) is 0.772. The lowest BCUT2D eigenvalue weighted by molar-refractivity contribution is -0.147. The molecule has 140 valence electrons. The van der Waals surface area contributed by atoms with E-state index in [9.17, 15) is 19.5 Å². The summed E-state index contributed by atoms with van der Waals surface area (Å²) in [4.78, 5) is 37.4. The Bertz CT molecular complexity index is 851. The molecular weight excluding hydrogens is 346 g/mol. The van der Waals surface area contributed by atoms with Crippen LogP contribution in [0.5, 0.6) is 0 Å². The van der Waals surface area contributed by atoms with Crippen molar-refractivity contribution in [3.63, 3.8) is 0 Å². The number of hydrogen-bond donors (Lipinski definition) is 3. The minimum Gasteiger partial charge on any atom is -0.481 e. The summed E-state index contributed by atoms with van der Waals surface area (Å²) in [7, 11) is 0. The molecule has 1 unspecified atom stereocenters. The van der Waals surface area contributed by atoms with Gasteiger partial charge < -0.3 is 20.6 Å². The van der Waals surface area contributed by atoms with Crippen LogP contribution in [0.25, 0.3) is 0 Å². The average Bonchev–Trinajstić information content (AvgIpc) is 3.06. The molecule has 0 spiro atoms. The van der Waals surface area contributed by atoms with Gasteiger partial charge in [0.1, 0.15) is 0 Å². The Hall–Kier alpha value is -3.35. The molecule has 7 heteroatoms. The van der Waals surface area contributed by atoms with E-state index in [1.54, 1.807) is 48.2 Å². The van der Waals surface area contributed by atoms with E-state index in [4.69, 9.17) is 0 Å². The molecule has 1 aliphatic rings. The lowest BCUT2D eigenvalue weighted by atomic mass is 9.90. The molecule has 1 aliphatic heterocycles. The zero-order valence-corrected chi connectivity index (χ0v) is 14.9. The molecule has 3 amide bonds. The van der Waals surface area contributed by atoms with Gasteiger partial charge in [-0.1, -0.05) is 18.2 Å². The van der Waals surface area contributed by atoms with Gasteiger partial charge in [-0.3, -0.25) is 9.59 Å². The molecule has 2 aromatic carbocycles. The number of carboxylic acid groups (broad SMARTS) is 1. The lowest BCUT2D eigenvalue weighted by Gasteiger charge is -2.20. The molecule has 0 radical (unpaired) electrons.